The third-order valence-corrected chi connectivity index (χ3v) is 3.09. The highest BCUT2D eigenvalue weighted by atomic mass is 32.1. The molecule has 0 radical (unpaired) electrons. The number of ether oxygens (including phenoxy) is 1. The van der Waals surface area contributed by atoms with Gasteiger partial charge in [0.05, 0.1) is 12.1 Å². The molecule has 0 saturated carbocycles. The second-order valence-corrected chi connectivity index (χ2v) is 4.79. The van der Waals surface area contributed by atoms with Crippen LogP contribution >= 0.6 is 11.3 Å². The lowest BCUT2D eigenvalue weighted by Gasteiger charge is -2.09. The summed E-state index contributed by atoms with van der Waals surface area (Å²) in [6.45, 7) is 0. The fourth-order valence-corrected chi connectivity index (χ4v) is 2.34. The molecule has 0 bridgehead atoms. The zero-order valence-corrected chi connectivity index (χ0v) is 10.8. The highest BCUT2D eigenvalue weighted by Gasteiger charge is 2.31. The first kappa shape index (κ1) is 14.3. The number of aromatic nitrogens is 1. The molecular weight excluding hydrogens is 293 g/mol. The maximum Gasteiger partial charge on any atom is 0.573 e. The Kier molecular flexibility index (Phi) is 3.93. The van der Waals surface area contributed by atoms with Crippen molar-refractivity contribution in [1.82, 2.24) is 4.98 Å². The van der Waals surface area contributed by atoms with Crippen LogP contribution in [0.5, 0.6) is 5.75 Å². The molecule has 8 heteroatoms. The maximum atomic E-state index is 12.1. The third-order valence-electron chi connectivity index (χ3n) is 2.24. The first-order valence-electron chi connectivity index (χ1n) is 5.42. The van der Waals surface area contributed by atoms with Crippen molar-refractivity contribution in [2.75, 3.05) is 0 Å². The van der Waals surface area contributed by atoms with Gasteiger partial charge >= 0.3 is 6.36 Å². The van der Waals surface area contributed by atoms with Crippen molar-refractivity contribution in [2.24, 2.45) is 5.73 Å². The summed E-state index contributed by atoms with van der Waals surface area (Å²) in [5.74, 6) is -0.834. The minimum absolute atomic E-state index is 0.00338. The molecule has 1 heterocycles. The molecule has 1 amide bonds. The van der Waals surface area contributed by atoms with Crippen LogP contribution in [0.1, 0.15) is 5.01 Å². The van der Waals surface area contributed by atoms with E-state index in [-0.39, 0.29) is 12.2 Å². The average molecular weight is 302 g/mol. The quantitative estimate of drug-likeness (QED) is 0.944. The van der Waals surface area contributed by atoms with Crippen LogP contribution in [0.15, 0.2) is 29.6 Å². The summed E-state index contributed by atoms with van der Waals surface area (Å²) in [4.78, 5) is 14.9. The Balaban J connectivity index is 2.22. The molecule has 2 N–H and O–H groups in total. The molecule has 0 unspecified atom stereocenters. The smallest absolute Gasteiger partial charge is 0.406 e. The fraction of sp³-hybridized carbons (Fsp3) is 0.167. The van der Waals surface area contributed by atoms with Gasteiger partial charge in [-0.05, 0) is 12.1 Å². The van der Waals surface area contributed by atoms with Crippen molar-refractivity contribution in [1.29, 1.82) is 0 Å². The predicted octanol–water partition coefficient (Wildman–Crippen LogP) is 2.74. The normalized spacial score (nSPS) is 11.3. The summed E-state index contributed by atoms with van der Waals surface area (Å²) >= 11 is 1.22. The summed E-state index contributed by atoms with van der Waals surface area (Å²) in [6.07, 6.45) is -4.73. The van der Waals surface area contributed by atoms with E-state index in [4.69, 9.17) is 5.73 Å². The monoisotopic (exact) mass is 302 g/mol. The molecule has 0 atom stereocenters. The second-order valence-electron chi connectivity index (χ2n) is 3.85. The van der Waals surface area contributed by atoms with Crippen molar-refractivity contribution >= 4 is 17.2 Å². The Labute approximate surface area is 116 Å². The topological polar surface area (TPSA) is 65.2 Å². The van der Waals surface area contributed by atoms with Crippen molar-refractivity contribution in [2.45, 2.75) is 12.8 Å². The minimum atomic E-state index is -4.74. The van der Waals surface area contributed by atoms with Gasteiger partial charge in [-0.15, -0.1) is 24.5 Å². The van der Waals surface area contributed by atoms with Gasteiger partial charge in [0.1, 0.15) is 10.8 Å². The summed E-state index contributed by atoms with van der Waals surface area (Å²) < 4.78 is 40.2. The molecule has 0 aliphatic heterocycles. The third kappa shape index (κ3) is 3.95. The highest BCUT2D eigenvalue weighted by molar-refractivity contribution is 7.10. The molecule has 2 rings (SSSR count). The van der Waals surface area contributed by atoms with Crippen molar-refractivity contribution in [3.63, 3.8) is 0 Å². The number of nitrogens with two attached hydrogens (primary N) is 1. The number of primary amides is 1. The molecule has 4 nitrogen and oxygen atoms in total. The van der Waals surface area contributed by atoms with E-state index in [2.05, 4.69) is 9.72 Å². The van der Waals surface area contributed by atoms with E-state index < -0.39 is 12.3 Å². The van der Waals surface area contributed by atoms with Crippen LogP contribution in [0.3, 0.4) is 0 Å². The summed E-state index contributed by atoms with van der Waals surface area (Å²) in [6, 6.07) is 5.47. The molecule has 0 aliphatic rings. The number of amides is 1. The highest BCUT2D eigenvalue weighted by Crippen LogP contribution is 2.28. The average Bonchev–Trinajstić information content (AvgIpc) is 2.74. The minimum Gasteiger partial charge on any atom is -0.406 e. The van der Waals surface area contributed by atoms with Crippen LogP contribution in [0.4, 0.5) is 13.2 Å². The van der Waals surface area contributed by atoms with E-state index in [1.54, 1.807) is 11.4 Å². The van der Waals surface area contributed by atoms with Gasteiger partial charge in [0.25, 0.3) is 0 Å². The van der Waals surface area contributed by atoms with Crippen LogP contribution < -0.4 is 10.5 Å². The van der Waals surface area contributed by atoms with Crippen LogP contribution in [0.25, 0.3) is 11.3 Å². The molecule has 1 aromatic heterocycles. The number of carbonyl (C=O) groups is 1. The number of hydrogen-bond acceptors (Lipinski definition) is 4. The maximum absolute atomic E-state index is 12.1. The number of thiazole rings is 1. The predicted molar refractivity (Wildman–Crippen MR) is 67.1 cm³/mol. The lowest BCUT2D eigenvalue weighted by molar-refractivity contribution is -0.274. The Bertz CT molecular complexity index is 625. The summed E-state index contributed by atoms with van der Waals surface area (Å²) in [7, 11) is 0. The van der Waals surface area contributed by atoms with Gasteiger partial charge in [-0.25, -0.2) is 4.98 Å². The van der Waals surface area contributed by atoms with Gasteiger partial charge < -0.3 is 10.5 Å². The van der Waals surface area contributed by atoms with E-state index in [1.807, 2.05) is 0 Å². The molecule has 20 heavy (non-hydrogen) atoms. The van der Waals surface area contributed by atoms with Crippen molar-refractivity contribution < 1.29 is 22.7 Å². The number of hydrogen-bond donors (Lipinski definition) is 1. The van der Waals surface area contributed by atoms with Crippen molar-refractivity contribution in [3.05, 3.63) is 34.7 Å². The second kappa shape index (κ2) is 5.49. The molecule has 0 spiro atoms. The van der Waals surface area contributed by atoms with Crippen LogP contribution in [-0.4, -0.2) is 17.3 Å². The number of benzene rings is 1. The van der Waals surface area contributed by atoms with Crippen molar-refractivity contribution in [3.8, 4) is 17.0 Å². The van der Waals surface area contributed by atoms with E-state index >= 15 is 0 Å². The Morgan fingerprint density at radius 3 is 2.80 bits per heavy atom. The first-order valence-corrected chi connectivity index (χ1v) is 6.30. The number of carbonyl (C=O) groups excluding carboxylic acids is 1. The molecule has 0 saturated heterocycles. The van der Waals surface area contributed by atoms with E-state index in [1.165, 1.54) is 29.5 Å². The lowest BCUT2D eigenvalue weighted by Crippen LogP contribution is -2.17. The number of rotatable bonds is 4. The lowest BCUT2D eigenvalue weighted by atomic mass is 10.1. The number of alkyl halides is 3. The van der Waals surface area contributed by atoms with Gasteiger partial charge in [-0.2, -0.15) is 0 Å². The van der Waals surface area contributed by atoms with Crippen LogP contribution in [-0.2, 0) is 11.2 Å². The van der Waals surface area contributed by atoms with E-state index in [0.29, 0.717) is 16.3 Å². The summed E-state index contributed by atoms with van der Waals surface area (Å²) in [5.41, 5.74) is 5.99. The van der Waals surface area contributed by atoms with Gasteiger partial charge in [0.2, 0.25) is 5.91 Å². The van der Waals surface area contributed by atoms with Gasteiger partial charge in [0, 0.05) is 10.9 Å². The molecule has 1 aromatic carbocycles. The summed E-state index contributed by atoms with van der Waals surface area (Å²) in [5, 5.41) is 2.15. The zero-order valence-electron chi connectivity index (χ0n) is 9.98. The van der Waals surface area contributed by atoms with E-state index in [9.17, 15) is 18.0 Å². The first-order chi connectivity index (χ1) is 9.33. The number of halogens is 3. The Hall–Kier alpha value is -2.09. The Morgan fingerprint density at radius 1 is 1.40 bits per heavy atom. The largest absolute Gasteiger partial charge is 0.573 e. The fourth-order valence-electron chi connectivity index (χ4n) is 1.53. The van der Waals surface area contributed by atoms with Gasteiger partial charge in [-0.1, -0.05) is 12.1 Å². The van der Waals surface area contributed by atoms with E-state index in [0.717, 1.165) is 0 Å². The van der Waals surface area contributed by atoms with Gasteiger partial charge in [0.15, 0.2) is 0 Å². The molecule has 0 fully saturated rings. The standard InChI is InChI=1S/C12H9F3N2O2S/c13-12(14,15)19-8-3-1-2-7(4-8)9-6-20-11(17-9)5-10(16)18/h1-4,6H,5H2,(H2,16,18). The molecule has 2 aromatic rings. The van der Waals surface area contributed by atoms with Crippen LogP contribution in [0, 0.1) is 0 Å². The Morgan fingerprint density at radius 2 is 2.15 bits per heavy atom. The zero-order chi connectivity index (χ0) is 14.8. The SMILES string of the molecule is NC(=O)Cc1nc(-c2cccc(OC(F)(F)F)c2)cs1. The van der Waals surface area contributed by atoms with Crippen LogP contribution in [0.2, 0.25) is 0 Å². The number of nitrogens with zero attached hydrogens (tertiary/aromatic N) is 1. The van der Waals surface area contributed by atoms with Gasteiger partial charge in [-0.3, -0.25) is 4.79 Å². The molecule has 0 aliphatic carbocycles. The molecular formula is C12H9F3N2O2S. The molecule has 106 valence electrons.